The second-order valence-corrected chi connectivity index (χ2v) is 5.78. The second-order valence-electron chi connectivity index (χ2n) is 5.37. The van der Waals surface area contributed by atoms with Gasteiger partial charge in [-0.15, -0.1) is 0 Å². The van der Waals surface area contributed by atoms with Gasteiger partial charge in [0.05, 0.1) is 22.0 Å². The summed E-state index contributed by atoms with van der Waals surface area (Å²) >= 11 is 5.99. The first-order valence-electron chi connectivity index (χ1n) is 7.51. The number of anilines is 1. The minimum absolute atomic E-state index is 0.246. The normalized spacial score (nSPS) is 11.4. The number of halogens is 4. The average molecular weight is 398 g/mol. The standard InChI is InChI=1S/C16H11ClF3N5O2/c17-11-6-2-4-8-13(11)25-15(27)24(22-23-25)9-14(26)21-12-7-3-1-5-10(12)16(18,19)20/h1-8H,9H2,(H,21,26). The quantitative estimate of drug-likeness (QED) is 0.734. The van der Waals surface area contributed by atoms with Gasteiger partial charge in [0.15, 0.2) is 0 Å². The Balaban J connectivity index is 1.81. The molecule has 2 aromatic carbocycles. The van der Waals surface area contributed by atoms with Crippen molar-refractivity contribution in [1.29, 1.82) is 0 Å². The summed E-state index contributed by atoms with van der Waals surface area (Å²) in [4.78, 5) is 24.4. The summed E-state index contributed by atoms with van der Waals surface area (Å²) in [5.41, 5.74) is -1.91. The van der Waals surface area contributed by atoms with Gasteiger partial charge in [0.1, 0.15) is 6.54 Å². The molecule has 0 aliphatic rings. The molecule has 0 aliphatic carbocycles. The molecular formula is C16H11ClF3N5O2. The van der Waals surface area contributed by atoms with E-state index in [2.05, 4.69) is 15.7 Å². The van der Waals surface area contributed by atoms with Crippen LogP contribution in [-0.4, -0.2) is 25.7 Å². The van der Waals surface area contributed by atoms with Crippen molar-refractivity contribution in [1.82, 2.24) is 19.8 Å². The summed E-state index contributed by atoms with van der Waals surface area (Å²) in [6.45, 7) is -0.616. The first-order chi connectivity index (χ1) is 12.8. The van der Waals surface area contributed by atoms with Crippen LogP contribution in [0.15, 0.2) is 53.3 Å². The Hall–Kier alpha value is -3.14. The van der Waals surface area contributed by atoms with Crippen LogP contribution in [-0.2, 0) is 17.5 Å². The second kappa shape index (κ2) is 7.23. The van der Waals surface area contributed by atoms with E-state index in [4.69, 9.17) is 11.6 Å². The fraction of sp³-hybridized carbons (Fsp3) is 0.125. The molecule has 1 N–H and O–H groups in total. The summed E-state index contributed by atoms with van der Waals surface area (Å²) in [6, 6.07) is 10.9. The number of amides is 1. The zero-order valence-corrected chi connectivity index (χ0v) is 14.2. The van der Waals surface area contributed by atoms with E-state index in [0.29, 0.717) is 0 Å². The largest absolute Gasteiger partial charge is 0.418 e. The number of rotatable bonds is 4. The molecule has 140 valence electrons. The van der Waals surface area contributed by atoms with E-state index in [-0.39, 0.29) is 10.7 Å². The van der Waals surface area contributed by atoms with Crippen molar-refractivity contribution >= 4 is 23.2 Å². The molecule has 0 saturated carbocycles. The molecule has 1 aromatic heterocycles. The summed E-state index contributed by atoms with van der Waals surface area (Å²) in [5.74, 6) is -0.861. The Morgan fingerprint density at radius 2 is 1.74 bits per heavy atom. The van der Waals surface area contributed by atoms with Gasteiger partial charge in [-0.05, 0) is 34.7 Å². The van der Waals surface area contributed by atoms with Crippen molar-refractivity contribution < 1.29 is 18.0 Å². The molecule has 0 bridgehead atoms. The van der Waals surface area contributed by atoms with Crippen LogP contribution in [0.1, 0.15) is 5.56 Å². The zero-order valence-electron chi connectivity index (χ0n) is 13.4. The van der Waals surface area contributed by atoms with E-state index in [0.717, 1.165) is 21.5 Å². The van der Waals surface area contributed by atoms with Crippen LogP contribution in [0.5, 0.6) is 0 Å². The maximum absolute atomic E-state index is 13.0. The Labute approximate surface area is 155 Å². The smallest absolute Gasteiger partial charge is 0.324 e. The third-order valence-electron chi connectivity index (χ3n) is 3.52. The predicted octanol–water partition coefficient (Wildman–Crippen LogP) is 2.74. The van der Waals surface area contributed by atoms with Gasteiger partial charge in [0.25, 0.3) is 0 Å². The first kappa shape index (κ1) is 18.6. The van der Waals surface area contributed by atoms with Gasteiger partial charge in [0, 0.05) is 0 Å². The van der Waals surface area contributed by atoms with E-state index in [9.17, 15) is 22.8 Å². The van der Waals surface area contributed by atoms with Crippen molar-refractivity contribution in [2.45, 2.75) is 12.7 Å². The minimum atomic E-state index is -4.63. The Bertz CT molecular complexity index is 1040. The molecule has 27 heavy (non-hydrogen) atoms. The van der Waals surface area contributed by atoms with E-state index >= 15 is 0 Å². The van der Waals surface area contributed by atoms with Crippen molar-refractivity contribution in [3.8, 4) is 5.69 Å². The number of hydrogen-bond acceptors (Lipinski definition) is 4. The van der Waals surface area contributed by atoms with E-state index < -0.39 is 35.6 Å². The Morgan fingerprint density at radius 1 is 1.07 bits per heavy atom. The molecule has 7 nitrogen and oxygen atoms in total. The monoisotopic (exact) mass is 397 g/mol. The molecule has 0 radical (unpaired) electrons. The number of tetrazole rings is 1. The molecule has 0 saturated heterocycles. The number of nitrogens with one attached hydrogen (secondary N) is 1. The van der Waals surface area contributed by atoms with Crippen molar-refractivity contribution in [2.24, 2.45) is 0 Å². The summed E-state index contributed by atoms with van der Waals surface area (Å²) < 4.78 is 40.5. The maximum Gasteiger partial charge on any atom is 0.418 e. The van der Waals surface area contributed by atoms with Crippen LogP contribution in [0.3, 0.4) is 0 Å². The predicted molar refractivity (Wildman–Crippen MR) is 90.7 cm³/mol. The molecule has 0 atom stereocenters. The lowest BCUT2D eigenvalue weighted by Gasteiger charge is -2.13. The minimum Gasteiger partial charge on any atom is -0.324 e. The third kappa shape index (κ3) is 4.00. The van der Waals surface area contributed by atoms with Crippen LogP contribution in [0.2, 0.25) is 5.02 Å². The lowest BCUT2D eigenvalue weighted by Crippen LogP contribution is -2.30. The van der Waals surface area contributed by atoms with Crippen LogP contribution in [0, 0.1) is 0 Å². The molecule has 3 aromatic rings. The fourth-order valence-electron chi connectivity index (χ4n) is 2.31. The highest BCUT2D eigenvalue weighted by Crippen LogP contribution is 2.34. The van der Waals surface area contributed by atoms with Gasteiger partial charge < -0.3 is 5.32 Å². The van der Waals surface area contributed by atoms with Crippen LogP contribution in [0.25, 0.3) is 5.69 Å². The molecule has 0 fully saturated rings. The maximum atomic E-state index is 13.0. The number of alkyl halides is 3. The molecule has 1 heterocycles. The highest BCUT2D eigenvalue weighted by atomic mass is 35.5. The number of carbonyl (C=O) groups is 1. The van der Waals surface area contributed by atoms with Gasteiger partial charge in [0.2, 0.25) is 5.91 Å². The fourth-order valence-corrected chi connectivity index (χ4v) is 2.53. The SMILES string of the molecule is O=C(Cn1nnn(-c2ccccc2Cl)c1=O)Nc1ccccc1C(F)(F)F. The number of benzene rings is 2. The van der Waals surface area contributed by atoms with Crippen molar-refractivity contribution in [3.63, 3.8) is 0 Å². The molecule has 11 heteroatoms. The molecule has 1 amide bonds. The first-order valence-corrected chi connectivity index (χ1v) is 7.89. The lowest BCUT2D eigenvalue weighted by molar-refractivity contribution is -0.137. The zero-order chi connectivity index (χ0) is 19.6. The van der Waals surface area contributed by atoms with Crippen molar-refractivity contribution in [3.05, 3.63) is 69.6 Å². The highest BCUT2D eigenvalue weighted by Gasteiger charge is 2.33. The molecule has 0 unspecified atom stereocenters. The number of nitrogens with zero attached hydrogens (tertiary/aromatic N) is 4. The van der Waals surface area contributed by atoms with Crippen LogP contribution < -0.4 is 11.0 Å². The number of para-hydroxylation sites is 2. The molecule has 0 spiro atoms. The summed E-state index contributed by atoms with van der Waals surface area (Å²) in [7, 11) is 0. The lowest BCUT2D eigenvalue weighted by atomic mass is 10.1. The third-order valence-corrected chi connectivity index (χ3v) is 3.84. The summed E-state index contributed by atoms with van der Waals surface area (Å²) in [5, 5.41) is 9.57. The highest BCUT2D eigenvalue weighted by molar-refractivity contribution is 6.32. The van der Waals surface area contributed by atoms with Crippen LogP contribution >= 0.6 is 11.6 Å². The molecule has 0 aliphatic heterocycles. The van der Waals surface area contributed by atoms with Crippen molar-refractivity contribution in [2.75, 3.05) is 5.32 Å². The average Bonchev–Trinajstić information content (AvgIpc) is 2.95. The Morgan fingerprint density at radius 3 is 2.44 bits per heavy atom. The summed E-state index contributed by atoms with van der Waals surface area (Å²) in [6.07, 6.45) is -4.63. The van der Waals surface area contributed by atoms with Gasteiger partial charge in [-0.1, -0.05) is 35.9 Å². The van der Waals surface area contributed by atoms with E-state index in [1.165, 1.54) is 18.2 Å². The van der Waals surface area contributed by atoms with Gasteiger partial charge >= 0.3 is 11.9 Å². The van der Waals surface area contributed by atoms with E-state index in [1.807, 2.05) is 0 Å². The number of aromatic nitrogens is 4. The van der Waals surface area contributed by atoms with Gasteiger partial charge in [-0.25, -0.2) is 4.79 Å². The number of hydrogen-bond donors (Lipinski definition) is 1. The number of carbonyl (C=O) groups excluding carboxylic acids is 1. The van der Waals surface area contributed by atoms with Gasteiger partial charge in [-0.3, -0.25) is 4.79 Å². The molecular weight excluding hydrogens is 387 g/mol. The molecule has 3 rings (SSSR count). The van der Waals surface area contributed by atoms with Crippen LogP contribution in [0.4, 0.5) is 18.9 Å². The van der Waals surface area contributed by atoms with Gasteiger partial charge in [-0.2, -0.15) is 22.5 Å². The van der Waals surface area contributed by atoms with E-state index in [1.54, 1.807) is 18.2 Å². The topological polar surface area (TPSA) is 81.8 Å². The Kier molecular flexibility index (Phi) is 5.00.